The fourth-order valence-corrected chi connectivity index (χ4v) is 5.42. The average Bonchev–Trinajstić information content (AvgIpc) is 3.14. The standard InChI is InChI=1S/C17H21N3O2S2/c1-10-18-15-13(14(24-10)11-5-7-23-9-11)16(21)19-20(15)12-4-6-22-17(2,3)8-12/h5,7,9,12,14H,4,6,8H2,1-3H3,(H,19,21)/t12-,14+/m0/s1. The molecule has 2 aromatic rings. The van der Waals surface area contributed by atoms with Crippen molar-refractivity contribution >= 4 is 34.0 Å². The third kappa shape index (κ3) is 2.78. The fourth-order valence-electron chi connectivity index (χ4n) is 3.55. The topological polar surface area (TPSA) is 59.4 Å². The molecule has 0 radical (unpaired) electrons. The molecule has 0 aliphatic carbocycles. The van der Waals surface area contributed by atoms with Gasteiger partial charge in [0.1, 0.15) is 0 Å². The zero-order valence-electron chi connectivity index (χ0n) is 14.0. The van der Waals surface area contributed by atoms with Gasteiger partial charge in [-0.05, 0) is 56.0 Å². The average molecular weight is 364 g/mol. The van der Waals surface area contributed by atoms with Crippen LogP contribution < -0.4 is 5.56 Å². The molecule has 0 saturated carbocycles. The van der Waals surface area contributed by atoms with Crippen LogP contribution in [0, 0.1) is 0 Å². The number of thioether (sulfide) groups is 1. The van der Waals surface area contributed by atoms with E-state index in [1.54, 1.807) is 23.1 Å². The highest BCUT2D eigenvalue weighted by Crippen LogP contribution is 2.45. The number of aromatic amines is 1. The zero-order chi connectivity index (χ0) is 16.9. The number of ether oxygens (including phenoxy) is 1. The van der Waals surface area contributed by atoms with Crippen molar-refractivity contribution in [2.24, 2.45) is 4.99 Å². The third-order valence-electron chi connectivity index (χ3n) is 4.63. The molecule has 0 aromatic carbocycles. The van der Waals surface area contributed by atoms with E-state index in [1.165, 1.54) is 5.56 Å². The molecular formula is C17H21N3O2S2. The van der Waals surface area contributed by atoms with Crippen molar-refractivity contribution < 1.29 is 4.74 Å². The summed E-state index contributed by atoms with van der Waals surface area (Å²) in [4.78, 5) is 17.4. The molecular weight excluding hydrogens is 342 g/mol. The first-order valence-corrected chi connectivity index (χ1v) is 9.99. The Bertz CT molecular complexity index is 833. The van der Waals surface area contributed by atoms with Crippen molar-refractivity contribution in [1.29, 1.82) is 0 Å². The Morgan fingerprint density at radius 2 is 2.29 bits per heavy atom. The van der Waals surface area contributed by atoms with Gasteiger partial charge < -0.3 is 4.74 Å². The van der Waals surface area contributed by atoms with Gasteiger partial charge in [-0.3, -0.25) is 14.6 Å². The van der Waals surface area contributed by atoms with Crippen molar-refractivity contribution in [1.82, 2.24) is 9.78 Å². The molecule has 1 fully saturated rings. The van der Waals surface area contributed by atoms with Crippen molar-refractivity contribution in [2.75, 3.05) is 6.61 Å². The van der Waals surface area contributed by atoms with Gasteiger partial charge >= 0.3 is 0 Å². The van der Waals surface area contributed by atoms with Crippen molar-refractivity contribution in [3.63, 3.8) is 0 Å². The summed E-state index contributed by atoms with van der Waals surface area (Å²) in [6.45, 7) is 6.93. The van der Waals surface area contributed by atoms with E-state index in [-0.39, 0.29) is 22.5 Å². The van der Waals surface area contributed by atoms with Gasteiger partial charge in [-0.1, -0.05) is 11.8 Å². The lowest BCUT2D eigenvalue weighted by molar-refractivity contribution is -0.0705. The van der Waals surface area contributed by atoms with Gasteiger partial charge in [-0.15, -0.1) is 0 Å². The Morgan fingerprint density at radius 3 is 3.00 bits per heavy atom. The quantitative estimate of drug-likeness (QED) is 0.867. The molecule has 5 nitrogen and oxygen atoms in total. The summed E-state index contributed by atoms with van der Waals surface area (Å²) in [5.41, 5.74) is 1.77. The molecule has 128 valence electrons. The normalized spacial score (nSPS) is 26.0. The summed E-state index contributed by atoms with van der Waals surface area (Å²) < 4.78 is 7.82. The maximum Gasteiger partial charge on any atom is 0.271 e. The number of aliphatic imine (C=N–C) groups is 1. The second-order valence-corrected chi connectivity index (χ2v) is 9.07. The first-order valence-electron chi connectivity index (χ1n) is 8.17. The van der Waals surface area contributed by atoms with Crippen LogP contribution in [-0.2, 0) is 4.74 Å². The van der Waals surface area contributed by atoms with Gasteiger partial charge in [0.15, 0.2) is 5.82 Å². The van der Waals surface area contributed by atoms with E-state index in [9.17, 15) is 4.79 Å². The van der Waals surface area contributed by atoms with Gasteiger partial charge in [0.25, 0.3) is 5.56 Å². The smallest absolute Gasteiger partial charge is 0.271 e. The fraction of sp³-hybridized carbons (Fsp3) is 0.529. The summed E-state index contributed by atoms with van der Waals surface area (Å²) in [7, 11) is 0. The minimum atomic E-state index is -0.175. The van der Waals surface area contributed by atoms with Crippen LogP contribution in [0.3, 0.4) is 0 Å². The van der Waals surface area contributed by atoms with E-state index in [2.05, 4.69) is 35.8 Å². The lowest BCUT2D eigenvalue weighted by Crippen LogP contribution is -2.35. The summed E-state index contributed by atoms with van der Waals surface area (Å²) in [6, 6.07) is 2.31. The number of H-pyrrole nitrogens is 1. The second-order valence-electron chi connectivity index (χ2n) is 6.99. The summed E-state index contributed by atoms with van der Waals surface area (Å²) in [5.74, 6) is 0.801. The Morgan fingerprint density at radius 1 is 1.46 bits per heavy atom. The lowest BCUT2D eigenvalue weighted by Gasteiger charge is -2.36. The number of hydrogen-bond acceptors (Lipinski definition) is 5. The summed E-state index contributed by atoms with van der Waals surface area (Å²) in [5, 5.41) is 8.27. The molecule has 0 bridgehead atoms. The molecule has 0 spiro atoms. The molecule has 2 aliphatic heterocycles. The molecule has 0 unspecified atom stereocenters. The molecule has 1 N–H and O–H groups in total. The van der Waals surface area contributed by atoms with E-state index in [4.69, 9.17) is 9.73 Å². The molecule has 2 aromatic heterocycles. The Balaban J connectivity index is 1.80. The van der Waals surface area contributed by atoms with Crippen LogP contribution >= 0.6 is 23.1 Å². The maximum atomic E-state index is 12.7. The van der Waals surface area contributed by atoms with Crippen LogP contribution in [0.15, 0.2) is 26.6 Å². The zero-order valence-corrected chi connectivity index (χ0v) is 15.7. The second kappa shape index (κ2) is 5.89. The van der Waals surface area contributed by atoms with Crippen LogP contribution in [0.2, 0.25) is 0 Å². The molecule has 4 heterocycles. The van der Waals surface area contributed by atoms with E-state index < -0.39 is 0 Å². The Kier molecular flexibility index (Phi) is 3.97. The van der Waals surface area contributed by atoms with Crippen LogP contribution in [-0.4, -0.2) is 27.0 Å². The van der Waals surface area contributed by atoms with Crippen LogP contribution in [0.4, 0.5) is 5.82 Å². The number of nitrogens with zero attached hydrogens (tertiary/aromatic N) is 2. The number of thiophene rings is 1. The first kappa shape index (κ1) is 16.2. The van der Waals surface area contributed by atoms with Crippen LogP contribution in [0.25, 0.3) is 0 Å². The SMILES string of the molecule is CC1=Nc2c(c(=O)[nH]n2[C@H]2CCOC(C)(C)C2)[C@@H](c2ccsc2)S1. The largest absolute Gasteiger partial charge is 0.375 e. The van der Waals surface area contributed by atoms with Crippen LogP contribution in [0.5, 0.6) is 0 Å². The molecule has 4 rings (SSSR count). The van der Waals surface area contributed by atoms with E-state index in [0.29, 0.717) is 6.61 Å². The van der Waals surface area contributed by atoms with Crippen molar-refractivity contribution in [2.45, 2.75) is 50.5 Å². The minimum Gasteiger partial charge on any atom is -0.375 e. The van der Waals surface area contributed by atoms with Crippen molar-refractivity contribution in [3.05, 3.63) is 38.3 Å². The number of hydrogen-bond donors (Lipinski definition) is 1. The van der Waals surface area contributed by atoms with E-state index >= 15 is 0 Å². The highest BCUT2D eigenvalue weighted by molar-refractivity contribution is 8.14. The summed E-state index contributed by atoms with van der Waals surface area (Å²) in [6.07, 6.45) is 1.76. The predicted octanol–water partition coefficient (Wildman–Crippen LogP) is 4.25. The molecule has 2 atom stereocenters. The lowest BCUT2D eigenvalue weighted by atomic mass is 9.94. The maximum absolute atomic E-state index is 12.7. The summed E-state index contributed by atoms with van der Waals surface area (Å²) >= 11 is 3.32. The van der Waals surface area contributed by atoms with E-state index in [0.717, 1.165) is 29.3 Å². The third-order valence-corrected chi connectivity index (χ3v) is 6.51. The Hall–Kier alpha value is -1.31. The van der Waals surface area contributed by atoms with Crippen molar-refractivity contribution in [3.8, 4) is 0 Å². The number of aromatic nitrogens is 2. The molecule has 1 saturated heterocycles. The highest BCUT2D eigenvalue weighted by Gasteiger charge is 2.35. The minimum absolute atomic E-state index is 0.0192. The number of fused-ring (bicyclic) bond motifs is 1. The molecule has 2 aliphatic rings. The molecule has 24 heavy (non-hydrogen) atoms. The highest BCUT2D eigenvalue weighted by atomic mass is 32.2. The monoisotopic (exact) mass is 363 g/mol. The molecule has 0 amide bonds. The predicted molar refractivity (Wildman–Crippen MR) is 99.9 cm³/mol. The number of nitrogens with one attached hydrogen (secondary N) is 1. The van der Waals surface area contributed by atoms with Gasteiger partial charge in [-0.2, -0.15) is 11.3 Å². The van der Waals surface area contributed by atoms with Gasteiger partial charge in [0.2, 0.25) is 0 Å². The Labute approximate surface area is 149 Å². The van der Waals surface area contributed by atoms with E-state index in [1.807, 2.05) is 11.6 Å². The van der Waals surface area contributed by atoms with Gasteiger partial charge in [0, 0.05) is 6.61 Å². The molecule has 7 heteroatoms. The van der Waals surface area contributed by atoms with Crippen LogP contribution in [0.1, 0.15) is 56.0 Å². The first-order chi connectivity index (χ1) is 11.4. The van der Waals surface area contributed by atoms with Gasteiger partial charge in [0.05, 0.1) is 27.5 Å². The number of rotatable bonds is 2. The van der Waals surface area contributed by atoms with Gasteiger partial charge in [-0.25, -0.2) is 4.99 Å².